The normalized spacial score (nSPS) is 22.8. The molecule has 0 bridgehead atoms. The lowest BCUT2D eigenvalue weighted by atomic mass is 9.91. The first kappa shape index (κ1) is 18.2. The summed E-state index contributed by atoms with van der Waals surface area (Å²) < 4.78 is 0. The number of aromatic nitrogens is 1. The first-order valence-corrected chi connectivity index (χ1v) is 10.4. The molecule has 0 unspecified atom stereocenters. The zero-order valence-corrected chi connectivity index (χ0v) is 16.0. The zero-order chi connectivity index (χ0) is 18.6. The summed E-state index contributed by atoms with van der Waals surface area (Å²) in [4.78, 5) is 27.5. The molecule has 0 aromatic carbocycles. The molecule has 6 nitrogen and oxygen atoms in total. The number of carbonyl (C=O) groups excluding carboxylic acids is 1. The Morgan fingerprint density at radius 3 is 2.56 bits per heavy atom. The second-order valence-electron chi connectivity index (χ2n) is 8.04. The molecule has 4 rings (SSSR count). The standard InChI is InChI=1S/C21H29N5O/c1-22-20-16-19(6-9-23-20)25-12-7-17(8-13-25)21(27)26-11-3-10-24(14-15-26)18-4-2-5-18/h6,9,16-18H,2-5,7-8,10-15H2. The highest BCUT2D eigenvalue weighted by molar-refractivity contribution is 5.79. The summed E-state index contributed by atoms with van der Waals surface area (Å²) >= 11 is 0. The van der Waals surface area contributed by atoms with E-state index in [1.165, 1.54) is 19.3 Å². The monoisotopic (exact) mass is 367 g/mol. The molecule has 1 aliphatic carbocycles. The maximum absolute atomic E-state index is 13.0. The van der Waals surface area contributed by atoms with E-state index in [4.69, 9.17) is 6.57 Å². The van der Waals surface area contributed by atoms with E-state index in [2.05, 4.69) is 24.5 Å². The molecule has 27 heavy (non-hydrogen) atoms. The Morgan fingerprint density at radius 1 is 1.04 bits per heavy atom. The van der Waals surface area contributed by atoms with Gasteiger partial charge >= 0.3 is 0 Å². The van der Waals surface area contributed by atoms with Gasteiger partial charge in [0.25, 0.3) is 5.82 Å². The van der Waals surface area contributed by atoms with Crippen LogP contribution >= 0.6 is 0 Å². The van der Waals surface area contributed by atoms with Gasteiger partial charge in [0.2, 0.25) is 5.91 Å². The van der Waals surface area contributed by atoms with Gasteiger partial charge in [0.15, 0.2) is 0 Å². The number of carbonyl (C=O) groups is 1. The van der Waals surface area contributed by atoms with Crippen LogP contribution in [0, 0.1) is 12.5 Å². The van der Waals surface area contributed by atoms with E-state index in [0.717, 1.165) is 70.3 Å². The van der Waals surface area contributed by atoms with Crippen molar-refractivity contribution in [1.82, 2.24) is 14.8 Å². The SMILES string of the molecule is [C-]#[N+]c1cc(N2CCC(C(=O)N3CCCN(C4CCC4)CC3)CC2)ccn1. The van der Waals surface area contributed by atoms with Gasteiger partial charge in [-0.1, -0.05) is 13.0 Å². The van der Waals surface area contributed by atoms with Crippen LogP contribution in [-0.4, -0.2) is 66.0 Å². The quantitative estimate of drug-likeness (QED) is 0.771. The minimum atomic E-state index is 0.152. The average Bonchev–Trinajstić information content (AvgIpc) is 2.92. The number of nitrogens with zero attached hydrogens (tertiary/aromatic N) is 5. The summed E-state index contributed by atoms with van der Waals surface area (Å²) in [5.74, 6) is 0.951. The van der Waals surface area contributed by atoms with E-state index in [1.54, 1.807) is 6.20 Å². The largest absolute Gasteiger partial charge is 0.372 e. The van der Waals surface area contributed by atoms with Crippen LogP contribution in [0.4, 0.5) is 11.5 Å². The van der Waals surface area contributed by atoms with Crippen LogP contribution in [0.5, 0.6) is 0 Å². The number of anilines is 1. The molecular weight excluding hydrogens is 338 g/mol. The van der Waals surface area contributed by atoms with Crippen LogP contribution in [0.25, 0.3) is 4.85 Å². The molecule has 1 aromatic rings. The Labute approximate surface area is 162 Å². The highest BCUT2D eigenvalue weighted by Crippen LogP contribution is 2.28. The molecule has 0 N–H and O–H groups in total. The third-order valence-corrected chi connectivity index (χ3v) is 6.49. The van der Waals surface area contributed by atoms with Gasteiger partial charge in [0.1, 0.15) is 6.20 Å². The zero-order valence-electron chi connectivity index (χ0n) is 16.0. The predicted molar refractivity (Wildman–Crippen MR) is 106 cm³/mol. The van der Waals surface area contributed by atoms with Crippen molar-refractivity contribution in [3.8, 4) is 0 Å². The molecule has 3 fully saturated rings. The minimum absolute atomic E-state index is 0.152. The lowest BCUT2D eigenvalue weighted by Gasteiger charge is -2.37. The minimum Gasteiger partial charge on any atom is -0.372 e. The highest BCUT2D eigenvalue weighted by atomic mass is 16.2. The second-order valence-corrected chi connectivity index (χ2v) is 8.04. The summed E-state index contributed by atoms with van der Waals surface area (Å²) in [6, 6.07) is 4.59. The lowest BCUT2D eigenvalue weighted by molar-refractivity contribution is -0.136. The van der Waals surface area contributed by atoms with Gasteiger partial charge in [-0.15, -0.1) is 4.98 Å². The Bertz CT molecular complexity index is 703. The number of amides is 1. The molecule has 6 heteroatoms. The van der Waals surface area contributed by atoms with Crippen molar-refractivity contribution >= 4 is 17.4 Å². The molecule has 2 saturated heterocycles. The van der Waals surface area contributed by atoms with Crippen LogP contribution in [0.3, 0.4) is 0 Å². The summed E-state index contributed by atoms with van der Waals surface area (Å²) in [6.45, 7) is 12.9. The van der Waals surface area contributed by atoms with Gasteiger partial charge in [-0.05, 0) is 38.2 Å². The Hall–Kier alpha value is -2.13. The lowest BCUT2D eigenvalue weighted by Crippen LogP contribution is -2.45. The summed E-state index contributed by atoms with van der Waals surface area (Å²) in [5, 5.41) is 0. The van der Waals surface area contributed by atoms with E-state index < -0.39 is 0 Å². The molecule has 3 aliphatic rings. The van der Waals surface area contributed by atoms with Gasteiger partial charge in [-0.3, -0.25) is 9.69 Å². The molecule has 3 heterocycles. The molecule has 144 valence electrons. The van der Waals surface area contributed by atoms with Gasteiger partial charge in [0, 0.05) is 63.0 Å². The second kappa shape index (κ2) is 8.26. The fraction of sp³-hybridized carbons (Fsp3) is 0.667. The smallest absolute Gasteiger partial charge is 0.271 e. The van der Waals surface area contributed by atoms with Crippen molar-refractivity contribution in [2.45, 2.75) is 44.6 Å². The van der Waals surface area contributed by atoms with E-state index >= 15 is 0 Å². The molecule has 1 saturated carbocycles. The van der Waals surface area contributed by atoms with Gasteiger partial charge < -0.3 is 14.6 Å². The van der Waals surface area contributed by atoms with Crippen molar-refractivity contribution in [2.75, 3.05) is 44.2 Å². The van der Waals surface area contributed by atoms with Gasteiger partial charge in [-0.25, -0.2) is 0 Å². The summed E-state index contributed by atoms with van der Waals surface area (Å²) in [7, 11) is 0. The molecule has 2 aliphatic heterocycles. The van der Waals surface area contributed by atoms with Crippen LogP contribution in [0.1, 0.15) is 38.5 Å². The molecular formula is C21H29N5O. The van der Waals surface area contributed by atoms with Crippen molar-refractivity contribution < 1.29 is 4.79 Å². The van der Waals surface area contributed by atoms with E-state index in [0.29, 0.717) is 11.7 Å². The van der Waals surface area contributed by atoms with Crippen molar-refractivity contribution in [2.24, 2.45) is 5.92 Å². The van der Waals surface area contributed by atoms with Crippen LogP contribution in [0.15, 0.2) is 18.3 Å². The van der Waals surface area contributed by atoms with Crippen LogP contribution in [-0.2, 0) is 4.79 Å². The third-order valence-electron chi connectivity index (χ3n) is 6.49. The molecule has 0 radical (unpaired) electrons. The van der Waals surface area contributed by atoms with Crippen LogP contribution < -0.4 is 4.90 Å². The van der Waals surface area contributed by atoms with Crippen molar-refractivity contribution in [3.05, 3.63) is 29.7 Å². The van der Waals surface area contributed by atoms with E-state index in [1.807, 2.05) is 12.1 Å². The molecule has 1 amide bonds. The Kier molecular flexibility index (Phi) is 5.58. The van der Waals surface area contributed by atoms with Crippen molar-refractivity contribution in [3.63, 3.8) is 0 Å². The van der Waals surface area contributed by atoms with E-state index in [9.17, 15) is 4.79 Å². The summed E-state index contributed by atoms with van der Waals surface area (Å²) in [5.41, 5.74) is 1.05. The first-order chi connectivity index (χ1) is 13.2. The number of hydrogen-bond acceptors (Lipinski definition) is 4. The number of hydrogen-bond donors (Lipinski definition) is 0. The van der Waals surface area contributed by atoms with Crippen LogP contribution in [0.2, 0.25) is 0 Å². The highest BCUT2D eigenvalue weighted by Gasteiger charge is 2.31. The van der Waals surface area contributed by atoms with Gasteiger partial charge in [0.05, 0.1) is 0 Å². The Morgan fingerprint density at radius 2 is 1.85 bits per heavy atom. The predicted octanol–water partition coefficient (Wildman–Crippen LogP) is 2.94. The molecule has 0 spiro atoms. The maximum Gasteiger partial charge on any atom is 0.271 e. The number of piperidine rings is 1. The first-order valence-electron chi connectivity index (χ1n) is 10.4. The summed E-state index contributed by atoms with van der Waals surface area (Å²) in [6.07, 6.45) is 8.67. The number of rotatable bonds is 3. The maximum atomic E-state index is 13.0. The van der Waals surface area contributed by atoms with Gasteiger partial charge in [-0.2, -0.15) is 0 Å². The van der Waals surface area contributed by atoms with E-state index in [-0.39, 0.29) is 5.92 Å². The Balaban J connectivity index is 1.30. The fourth-order valence-corrected chi connectivity index (χ4v) is 4.58. The van der Waals surface area contributed by atoms with Crippen molar-refractivity contribution in [1.29, 1.82) is 0 Å². The average molecular weight is 367 g/mol. The number of pyridine rings is 1. The molecule has 1 aromatic heterocycles. The fourth-order valence-electron chi connectivity index (χ4n) is 4.58. The third kappa shape index (κ3) is 4.08. The molecule has 0 atom stereocenters. The topological polar surface area (TPSA) is 44.0 Å².